The number of carbonyl (C=O) groups excluding carboxylic acids is 2. The Morgan fingerprint density at radius 2 is 1.76 bits per heavy atom. The van der Waals surface area contributed by atoms with E-state index in [9.17, 15) is 14.0 Å². The van der Waals surface area contributed by atoms with Crippen molar-refractivity contribution >= 4 is 34.5 Å². The molecule has 170 valence electrons. The highest BCUT2D eigenvalue weighted by atomic mass is 32.1. The second-order valence-electron chi connectivity index (χ2n) is 7.61. The quantitative estimate of drug-likeness (QED) is 0.307. The normalized spacial score (nSPS) is 10.8. The van der Waals surface area contributed by atoms with Gasteiger partial charge in [-0.2, -0.15) is 0 Å². The Bertz CT molecular complexity index is 1180. The number of thiophene rings is 2. The largest absolute Gasteiger partial charge is 0.467 e. The number of hydrogen-bond acceptors (Lipinski definition) is 5. The second-order valence-corrected chi connectivity index (χ2v) is 9.93. The van der Waals surface area contributed by atoms with Gasteiger partial charge in [-0.1, -0.05) is 18.2 Å². The van der Waals surface area contributed by atoms with E-state index in [1.54, 1.807) is 52.8 Å². The van der Waals surface area contributed by atoms with E-state index in [0.29, 0.717) is 23.7 Å². The highest BCUT2D eigenvalue weighted by Gasteiger charge is 2.24. The van der Waals surface area contributed by atoms with Crippen molar-refractivity contribution in [1.29, 1.82) is 0 Å². The van der Waals surface area contributed by atoms with Crippen molar-refractivity contribution in [2.45, 2.75) is 26.6 Å². The van der Waals surface area contributed by atoms with E-state index >= 15 is 0 Å². The van der Waals surface area contributed by atoms with Crippen molar-refractivity contribution in [2.24, 2.45) is 0 Å². The van der Waals surface area contributed by atoms with Gasteiger partial charge in [-0.15, -0.1) is 22.7 Å². The average Bonchev–Trinajstić information content (AvgIpc) is 3.57. The minimum absolute atomic E-state index is 0.0943. The van der Waals surface area contributed by atoms with Crippen LogP contribution in [0.2, 0.25) is 0 Å². The summed E-state index contributed by atoms with van der Waals surface area (Å²) in [5.74, 6) is -0.131. The van der Waals surface area contributed by atoms with Gasteiger partial charge in [-0.3, -0.25) is 9.59 Å². The lowest BCUT2D eigenvalue weighted by Gasteiger charge is -2.27. The Balaban J connectivity index is 1.56. The predicted molar refractivity (Wildman–Crippen MR) is 127 cm³/mol. The number of halogens is 1. The summed E-state index contributed by atoms with van der Waals surface area (Å²) in [6, 6.07) is 17.2. The van der Waals surface area contributed by atoms with Crippen LogP contribution in [0.4, 0.5) is 4.39 Å². The van der Waals surface area contributed by atoms with E-state index in [1.165, 1.54) is 28.4 Å². The van der Waals surface area contributed by atoms with Gasteiger partial charge in [-0.25, -0.2) is 4.39 Å². The fraction of sp³-hybridized carbons (Fsp3) is 0.200. The first-order valence-corrected chi connectivity index (χ1v) is 12.1. The molecule has 4 rings (SSSR count). The summed E-state index contributed by atoms with van der Waals surface area (Å²) >= 11 is 2.96. The van der Waals surface area contributed by atoms with Crippen molar-refractivity contribution in [2.75, 3.05) is 6.54 Å². The van der Waals surface area contributed by atoms with Gasteiger partial charge in [0, 0.05) is 16.3 Å². The molecule has 0 aliphatic carbocycles. The summed E-state index contributed by atoms with van der Waals surface area (Å²) < 4.78 is 18.8. The highest BCUT2D eigenvalue weighted by Crippen LogP contribution is 2.20. The van der Waals surface area contributed by atoms with Crippen LogP contribution in [0.15, 0.2) is 76.7 Å². The number of rotatable bonds is 9. The first kappa shape index (κ1) is 22.9. The Morgan fingerprint density at radius 1 is 0.939 bits per heavy atom. The van der Waals surface area contributed by atoms with Gasteiger partial charge in [-0.05, 0) is 60.3 Å². The molecule has 33 heavy (non-hydrogen) atoms. The highest BCUT2D eigenvalue weighted by molar-refractivity contribution is 7.12. The smallest absolute Gasteiger partial charge is 0.264 e. The van der Waals surface area contributed by atoms with E-state index in [-0.39, 0.29) is 30.7 Å². The van der Waals surface area contributed by atoms with Gasteiger partial charge in [0.1, 0.15) is 18.1 Å². The SMILES string of the molecule is Cc1ccc(CN(Cc2ccc(F)cc2)C(=O)CN(Cc2ccco2)C(=O)c2cccs2)s1. The van der Waals surface area contributed by atoms with E-state index in [2.05, 4.69) is 0 Å². The van der Waals surface area contributed by atoms with Crippen LogP contribution in [-0.4, -0.2) is 28.2 Å². The summed E-state index contributed by atoms with van der Waals surface area (Å²) in [6.45, 7) is 2.85. The second kappa shape index (κ2) is 10.6. The molecule has 0 aliphatic rings. The maximum Gasteiger partial charge on any atom is 0.264 e. The molecule has 0 unspecified atom stereocenters. The number of hydrogen-bond donors (Lipinski definition) is 0. The van der Waals surface area contributed by atoms with E-state index < -0.39 is 0 Å². The first-order chi connectivity index (χ1) is 16.0. The molecule has 2 amide bonds. The fourth-order valence-electron chi connectivity index (χ4n) is 3.41. The van der Waals surface area contributed by atoms with E-state index in [0.717, 1.165) is 15.3 Å². The lowest BCUT2D eigenvalue weighted by Crippen LogP contribution is -2.41. The van der Waals surface area contributed by atoms with Gasteiger partial charge < -0.3 is 14.2 Å². The zero-order valence-electron chi connectivity index (χ0n) is 18.1. The molecule has 0 saturated carbocycles. The van der Waals surface area contributed by atoms with Crippen molar-refractivity contribution in [3.63, 3.8) is 0 Å². The van der Waals surface area contributed by atoms with E-state index in [4.69, 9.17) is 4.42 Å². The van der Waals surface area contributed by atoms with Crippen LogP contribution in [0.25, 0.3) is 0 Å². The van der Waals surface area contributed by atoms with Crippen molar-refractivity contribution in [1.82, 2.24) is 9.80 Å². The van der Waals surface area contributed by atoms with Crippen LogP contribution < -0.4 is 0 Å². The fourth-order valence-corrected chi connectivity index (χ4v) is 5.01. The maximum absolute atomic E-state index is 13.5. The molecule has 5 nitrogen and oxygen atoms in total. The van der Waals surface area contributed by atoms with Crippen molar-refractivity contribution in [3.8, 4) is 0 Å². The molecule has 3 heterocycles. The number of carbonyl (C=O) groups is 2. The summed E-state index contributed by atoms with van der Waals surface area (Å²) in [6.07, 6.45) is 1.55. The summed E-state index contributed by atoms with van der Waals surface area (Å²) in [4.78, 5) is 32.6. The standard InChI is InChI=1S/C25H23FN2O3S2/c1-18-6-11-22(33-18)16-27(14-19-7-9-20(26)10-8-19)24(29)17-28(15-21-4-2-12-31-21)25(30)23-5-3-13-32-23/h2-13H,14-17H2,1H3. The van der Waals surface area contributed by atoms with Crippen LogP contribution in [0, 0.1) is 12.7 Å². The molecule has 4 aromatic rings. The van der Waals surface area contributed by atoms with Crippen LogP contribution >= 0.6 is 22.7 Å². The Kier molecular flexibility index (Phi) is 7.36. The van der Waals surface area contributed by atoms with Crippen molar-refractivity contribution in [3.05, 3.63) is 104 Å². The van der Waals surface area contributed by atoms with Gasteiger partial charge in [0.15, 0.2) is 0 Å². The van der Waals surface area contributed by atoms with Crippen LogP contribution in [-0.2, 0) is 24.4 Å². The molecule has 8 heteroatoms. The molecular formula is C25H23FN2O3S2. The minimum atomic E-state index is -0.323. The zero-order chi connectivity index (χ0) is 23.2. The van der Waals surface area contributed by atoms with Crippen LogP contribution in [0.5, 0.6) is 0 Å². The molecule has 0 saturated heterocycles. The summed E-state index contributed by atoms with van der Waals surface area (Å²) in [5, 5.41) is 1.83. The average molecular weight is 483 g/mol. The number of amides is 2. The number of nitrogens with zero attached hydrogens (tertiary/aromatic N) is 2. The number of aryl methyl sites for hydroxylation is 1. The molecule has 3 aromatic heterocycles. The monoisotopic (exact) mass is 482 g/mol. The lowest BCUT2D eigenvalue weighted by molar-refractivity contribution is -0.133. The third-order valence-corrected chi connectivity index (χ3v) is 6.90. The zero-order valence-corrected chi connectivity index (χ0v) is 19.7. The van der Waals surface area contributed by atoms with Crippen LogP contribution in [0.3, 0.4) is 0 Å². The Hall–Kier alpha value is -3.23. The van der Waals surface area contributed by atoms with Gasteiger partial charge in [0.2, 0.25) is 5.91 Å². The molecule has 0 radical (unpaired) electrons. The van der Waals surface area contributed by atoms with Gasteiger partial charge >= 0.3 is 0 Å². The van der Waals surface area contributed by atoms with Crippen molar-refractivity contribution < 1.29 is 18.4 Å². The molecule has 0 atom stereocenters. The lowest BCUT2D eigenvalue weighted by atomic mass is 10.2. The molecule has 1 aromatic carbocycles. The van der Waals surface area contributed by atoms with Crippen LogP contribution in [0.1, 0.15) is 30.7 Å². The topological polar surface area (TPSA) is 53.8 Å². The maximum atomic E-state index is 13.5. The molecule has 0 N–H and O–H groups in total. The van der Waals surface area contributed by atoms with Gasteiger partial charge in [0.25, 0.3) is 5.91 Å². The molecule has 0 aliphatic heterocycles. The molecule has 0 spiro atoms. The number of furan rings is 1. The van der Waals surface area contributed by atoms with Gasteiger partial charge in [0.05, 0.1) is 24.2 Å². The first-order valence-electron chi connectivity index (χ1n) is 10.4. The molecule has 0 bridgehead atoms. The van der Waals surface area contributed by atoms with E-state index in [1.807, 2.05) is 30.5 Å². The predicted octanol–water partition coefficient (Wildman–Crippen LogP) is 5.72. The summed E-state index contributed by atoms with van der Waals surface area (Å²) in [5.41, 5.74) is 0.820. The molecular weight excluding hydrogens is 459 g/mol. The Labute approximate surface area is 199 Å². The number of benzene rings is 1. The summed E-state index contributed by atoms with van der Waals surface area (Å²) in [7, 11) is 0. The third-order valence-electron chi connectivity index (χ3n) is 5.05. The Morgan fingerprint density at radius 3 is 2.39 bits per heavy atom. The minimum Gasteiger partial charge on any atom is -0.467 e. The molecule has 0 fully saturated rings. The third kappa shape index (κ3) is 6.18.